The third-order valence-corrected chi connectivity index (χ3v) is 4.21. The van der Waals surface area contributed by atoms with Crippen LogP contribution in [-0.4, -0.2) is 38.9 Å². The molecule has 0 saturated heterocycles. The number of ether oxygens (including phenoxy) is 2. The van der Waals surface area contributed by atoms with Gasteiger partial charge in [0.25, 0.3) is 0 Å². The van der Waals surface area contributed by atoms with Crippen LogP contribution >= 0.6 is 24.0 Å². The van der Waals surface area contributed by atoms with Crippen LogP contribution in [0.25, 0.3) is 0 Å². The predicted octanol–water partition coefficient (Wildman–Crippen LogP) is 3.72. The van der Waals surface area contributed by atoms with Crippen molar-refractivity contribution in [3.63, 3.8) is 0 Å². The first-order valence-corrected chi connectivity index (χ1v) is 9.09. The van der Waals surface area contributed by atoms with Gasteiger partial charge in [0.05, 0.1) is 19.8 Å². The second-order valence-corrected chi connectivity index (χ2v) is 6.06. The Hall–Kier alpha value is -1.02. The highest BCUT2D eigenvalue weighted by atomic mass is 127. The van der Waals surface area contributed by atoms with Crippen LogP contribution in [0, 0.1) is 0 Å². The van der Waals surface area contributed by atoms with E-state index in [1.54, 1.807) is 7.11 Å². The number of benzene rings is 1. The van der Waals surface area contributed by atoms with Crippen LogP contribution in [0.5, 0.6) is 5.75 Å². The molecule has 1 saturated carbocycles. The molecular weight excluding hydrogens is 429 g/mol. The molecule has 2 rings (SSSR count). The zero-order chi connectivity index (χ0) is 17.0. The first-order valence-electron chi connectivity index (χ1n) is 9.09. The zero-order valence-corrected chi connectivity index (χ0v) is 17.8. The molecule has 1 aliphatic rings. The van der Waals surface area contributed by atoms with Crippen molar-refractivity contribution in [1.29, 1.82) is 0 Å². The summed E-state index contributed by atoms with van der Waals surface area (Å²) in [5.74, 6) is 1.71. The van der Waals surface area contributed by atoms with Crippen molar-refractivity contribution in [3.05, 3.63) is 29.8 Å². The molecule has 0 atom stereocenters. The van der Waals surface area contributed by atoms with Crippen molar-refractivity contribution in [3.8, 4) is 5.75 Å². The standard InChI is InChI=1S/C19H31N3O2.HI/c1-3-20-19(21-13-8-14-24-17-10-5-6-11-17)22-15-16-9-4-7-12-18(16)23-2;/h4,7,9,12,17H,3,5-6,8,10-11,13-15H2,1-2H3,(H2,20,21,22);1H. The first-order chi connectivity index (χ1) is 11.8. The van der Waals surface area contributed by atoms with E-state index in [1.807, 2.05) is 24.3 Å². The van der Waals surface area contributed by atoms with Crippen LogP contribution in [0.3, 0.4) is 0 Å². The molecule has 0 amide bonds. The maximum Gasteiger partial charge on any atom is 0.191 e. The smallest absolute Gasteiger partial charge is 0.191 e. The summed E-state index contributed by atoms with van der Waals surface area (Å²) in [7, 11) is 1.69. The molecule has 1 aromatic rings. The molecule has 0 radical (unpaired) electrons. The van der Waals surface area contributed by atoms with Crippen LogP contribution in [0.1, 0.15) is 44.6 Å². The van der Waals surface area contributed by atoms with Gasteiger partial charge in [-0.25, -0.2) is 4.99 Å². The SMILES string of the molecule is CCNC(=NCc1ccccc1OC)NCCCOC1CCCC1.I. The van der Waals surface area contributed by atoms with E-state index in [2.05, 4.69) is 22.5 Å². The first kappa shape index (κ1) is 22.0. The molecule has 142 valence electrons. The number of nitrogens with zero attached hydrogens (tertiary/aromatic N) is 1. The van der Waals surface area contributed by atoms with E-state index < -0.39 is 0 Å². The van der Waals surface area contributed by atoms with Gasteiger partial charge in [-0.15, -0.1) is 24.0 Å². The molecule has 1 aliphatic carbocycles. The molecule has 2 N–H and O–H groups in total. The van der Waals surface area contributed by atoms with E-state index in [0.29, 0.717) is 12.6 Å². The minimum Gasteiger partial charge on any atom is -0.496 e. The molecule has 0 aromatic heterocycles. The molecular formula is C19H32IN3O2. The lowest BCUT2D eigenvalue weighted by molar-refractivity contribution is 0.0574. The van der Waals surface area contributed by atoms with Crippen molar-refractivity contribution >= 4 is 29.9 Å². The van der Waals surface area contributed by atoms with Gasteiger partial charge in [0.1, 0.15) is 5.75 Å². The highest BCUT2D eigenvalue weighted by Crippen LogP contribution is 2.20. The number of methoxy groups -OCH3 is 1. The average molecular weight is 461 g/mol. The molecule has 1 aromatic carbocycles. The molecule has 0 unspecified atom stereocenters. The van der Waals surface area contributed by atoms with Gasteiger partial charge < -0.3 is 20.1 Å². The summed E-state index contributed by atoms with van der Waals surface area (Å²) in [6.45, 7) is 5.20. The summed E-state index contributed by atoms with van der Waals surface area (Å²) in [6.07, 6.45) is 6.60. The summed E-state index contributed by atoms with van der Waals surface area (Å²) in [5.41, 5.74) is 1.08. The second kappa shape index (κ2) is 13.2. The molecule has 6 heteroatoms. The third-order valence-electron chi connectivity index (χ3n) is 4.21. The van der Waals surface area contributed by atoms with Crippen LogP contribution in [0.4, 0.5) is 0 Å². The Morgan fingerprint density at radius 3 is 2.68 bits per heavy atom. The van der Waals surface area contributed by atoms with Crippen molar-refractivity contribution in [2.24, 2.45) is 4.99 Å². The Morgan fingerprint density at radius 1 is 1.20 bits per heavy atom. The summed E-state index contributed by atoms with van der Waals surface area (Å²) < 4.78 is 11.3. The van der Waals surface area contributed by atoms with Gasteiger partial charge in [0.15, 0.2) is 5.96 Å². The summed E-state index contributed by atoms with van der Waals surface area (Å²) in [6, 6.07) is 7.99. The van der Waals surface area contributed by atoms with E-state index in [0.717, 1.165) is 43.4 Å². The summed E-state index contributed by atoms with van der Waals surface area (Å²) in [4.78, 5) is 4.64. The van der Waals surface area contributed by atoms with Crippen molar-refractivity contribution in [2.45, 2.75) is 51.7 Å². The highest BCUT2D eigenvalue weighted by Gasteiger charge is 2.14. The number of hydrogen-bond acceptors (Lipinski definition) is 3. The Bertz CT molecular complexity index is 505. The van der Waals surface area contributed by atoms with Crippen molar-refractivity contribution < 1.29 is 9.47 Å². The molecule has 5 nitrogen and oxygen atoms in total. The predicted molar refractivity (Wildman–Crippen MR) is 114 cm³/mol. The number of aliphatic imine (C=N–C) groups is 1. The van der Waals surface area contributed by atoms with E-state index in [4.69, 9.17) is 9.47 Å². The molecule has 1 fully saturated rings. The topological polar surface area (TPSA) is 54.9 Å². The lowest BCUT2D eigenvalue weighted by Crippen LogP contribution is -2.38. The van der Waals surface area contributed by atoms with E-state index in [-0.39, 0.29) is 24.0 Å². The average Bonchev–Trinajstić information content (AvgIpc) is 3.13. The molecule has 0 spiro atoms. The van der Waals surface area contributed by atoms with Crippen LogP contribution in [-0.2, 0) is 11.3 Å². The van der Waals surface area contributed by atoms with E-state index in [1.165, 1.54) is 25.7 Å². The van der Waals surface area contributed by atoms with E-state index >= 15 is 0 Å². The van der Waals surface area contributed by atoms with Crippen LogP contribution in [0.2, 0.25) is 0 Å². The quantitative estimate of drug-likeness (QED) is 0.255. The maximum absolute atomic E-state index is 5.89. The molecule has 25 heavy (non-hydrogen) atoms. The number of para-hydroxylation sites is 1. The largest absolute Gasteiger partial charge is 0.496 e. The number of guanidine groups is 1. The van der Waals surface area contributed by atoms with Gasteiger partial charge in [-0.1, -0.05) is 31.0 Å². The third kappa shape index (κ3) is 8.27. The van der Waals surface area contributed by atoms with Gasteiger partial charge in [-0.05, 0) is 32.3 Å². The molecule has 0 aliphatic heterocycles. The van der Waals surface area contributed by atoms with Gasteiger partial charge in [0, 0.05) is 25.3 Å². The Morgan fingerprint density at radius 2 is 1.96 bits per heavy atom. The van der Waals surface area contributed by atoms with Gasteiger partial charge in [-0.2, -0.15) is 0 Å². The van der Waals surface area contributed by atoms with Gasteiger partial charge in [-0.3, -0.25) is 0 Å². The lowest BCUT2D eigenvalue weighted by atomic mass is 10.2. The Labute approximate surface area is 169 Å². The van der Waals surface area contributed by atoms with Gasteiger partial charge >= 0.3 is 0 Å². The lowest BCUT2D eigenvalue weighted by Gasteiger charge is -2.13. The number of rotatable bonds is 9. The molecule has 0 bridgehead atoms. The Kier molecular flexibility index (Phi) is 11.6. The van der Waals surface area contributed by atoms with Crippen LogP contribution in [0.15, 0.2) is 29.3 Å². The fourth-order valence-corrected chi connectivity index (χ4v) is 2.92. The van der Waals surface area contributed by atoms with Gasteiger partial charge in [0.2, 0.25) is 0 Å². The number of hydrogen-bond donors (Lipinski definition) is 2. The zero-order valence-electron chi connectivity index (χ0n) is 15.4. The number of halogens is 1. The minimum atomic E-state index is 0. The number of nitrogens with one attached hydrogen (secondary N) is 2. The Balaban J connectivity index is 0.00000312. The second-order valence-electron chi connectivity index (χ2n) is 6.06. The van der Waals surface area contributed by atoms with Crippen molar-refractivity contribution in [1.82, 2.24) is 10.6 Å². The fourth-order valence-electron chi connectivity index (χ4n) is 2.92. The van der Waals surface area contributed by atoms with Crippen LogP contribution < -0.4 is 15.4 Å². The molecule has 0 heterocycles. The highest BCUT2D eigenvalue weighted by molar-refractivity contribution is 14.0. The maximum atomic E-state index is 5.89. The van der Waals surface area contributed by atoms with E-state index in [9.17, 15) is 0 Å². The minimum absolute atomic E-state index is 0. The monoisotopic (exact) mass is 461 g/mol. The van der Waals surface area contributed by atoms with Crippen molar-refractivity contribution in [2.75, 3.05) is 26.8 Å². The summed E-state index contributed by atoms with van der Waals surface area (Å²) in [5, 5.41) is 6.65. The fraction of sp³-hybridized carbons (Fsp3) is 0.632. The summed E-state index contributed by atoms with van der Waals surface area (Å²) >= 11 is 0. The normalized spacial score (nSPS) is 14.9.